The summed E-state index contributed by atoms with van der Waals surface area (Å²) < 4.78 is 2.23. The van der Waals surface area contributed by atoms with Gasteiger partial charge in [-0.2, -0.15) is 0 Å². The normalized spacial score (nSPS) is 11.2. The first-order valence-electron chi connectivity index (χ1n) is 8.74. The molecule has 0 amide bonds. The monoisotopic (exact) mass is 359 g/mol. The van der Waals surface area contributed by atoms with Crippen LogP contribution < -0.4 is 0 Å². The number of pyridine rings is 1. The van der Waals surface area contributed by atoms with E-state index in [0.717, 1.165) is 28.6 Å². The Morgan fingerprint density at radius 1 is 0.885 bits per heavy atom. The topological polar surface area (TPSA) is 30.7 Å². The van der Waals surface area contributed by atoms with Crippen molar-refractivity contribution in [2.75, 3.05) is 0 Å². The molecule has 130 valence electrons. The lowest BCUT2D eigenvalue weighted by Crippen LogP contribution is -2.03. The van der Waals surface area contributed by atoms with Crippen LogP contribution in [0.25, 0.3) is 11.2 Å². The molecule has 2 heterocycles. The van der Waals surface area contributed by atoms with Crippen LogP contribution >= 0.6 is 11.8 Å². The summed E-state index contributed by atoms with van der Waals surface area (Å²) in [4.78, 5) is 9.40. The van der Waals surface area contributed by atoms with Crippen LogP contribution in [0.1, 0.15) is 22.3 Å². The molecule has 2 aromatic carbocycles. The highest BCUT2D eigenvalue weighted by Crippen LogP contribution is 2.27. The van der Waals surface area contributed by atoms with Crippen LogP contribution in [0.2, 0.25) is 0 Å². The Morgan fingerprint density at radius 3 is 2.54 bits per heavy atom. The van der Waals surface area contributed by atoms with E-state index < -0.39 is 0 Å². The smallest absolute Gasteiger partial charge is 0.170 e. The van der Waals surface area contributed by atoms with Gasteiger partial charge in [0.05, 0.1) is 6.54 Å². The van der Waals surface area contributed by atoms with Crippen molar-refractivity contribution in [3.63, 3.8) is 0 Å². The minimum absolute atomic E-state index is 0.783. The number of aromatic nitrogens is 3. The van der Waals surface area contributed by atoms with Crippen LogP contribution in [0.3, 0.4) is 0 Å². The number of imidazole rings is 1. The van der Waals surface area contributed by atoms with Gasteiger partial charge in [-0.1, -0.05) is 71.4 Å². The van der Waals surface area contributed by atoms with E-state index in [2.05, 4.69) is 71.9 Å². The van der Waals surface area contributed by atoms with E-state index in [1.807, 2.05) is 18.3 Å². The SMILES string of the molecule is Cc1ccc(CSc2nc3cccnc3n2Cc2cccc(C)c2)cc1. The van der Waals surface area contributed by atoms with Crippen LogP contribution in [0.5, 0.6) is 0 Å². The lowest BCUT2D eigenvalue weighted by Gasteiger charge is -2.09. The van der Waals surface area contributed by atoms with Crippen molar-refractivity contribution in [1.29, 1.82) is 0 Å². The quantitative estimate of drug-likeness (QED) is 0.448. The highest BCUT2D eigenvalue weighted by Gasteiger charge is 2.13. The molecule has 0 spiro atoms. The van der Waals surface area contributed by atoms with Gasteiger partial charge in [-0.05, 0) is 37.1 Å². The average molecular weight is 359 g/mol. The second-order valence-electron chi connectivity index (χ2n) is 6.59. The number of rotatable bonds is 5. The molecule has 0 saturated carbocycles. The maximum atomic E-state index is 4.83. The number of nitrogens with zero attached hydrogens (tertiary/aromatic N) is 3. The lowest BCUT2D eigenvalue weighted by atomic mass is 10.1. The Labute approximate surface area is 158 Å². The zero-order valence-electron chi connectivity index (χ0n) is 15.0. The zero-order chi connectivity index (χ0) is 17.9. The third-order valence-electron chi connectivity index (χ3n) is 4.38. The molecule has 0 aliphatic carbocycles. The average Bonchev–Trinajstić information content (AvgIpc) is 2.99. The second kappa shape index (κ2) is 7.34. The molecule has 0 bridgehead atoms. The third-order valence-corrected chi connectivity index (χ3v) is 5.43. The zero-order valence-corrected chi connectivity index (χ0v) is 15.8. The third kappa shape index (κ3) is 3.65. The maximum Gasteiger partial charge on any atom is 0.170 e. The Morgan fingerprint density at radius 2 is 1.73 bits per heavy atom. The second-order valence-corrected chi connectivity index (χ2v) is 7.53. The minimum atomic E-state index is 0.783. The number of hydrogen-bond donors (Lipinski definition) is 0. The molecular weight excluding hydrogens is 338 g/mol. The van der Waals surface area contributed by atoms with Crippen molar-refractivity contribution in [2.24, 2.45) is 0 Å². The molecule has 4 rings (SSSR count). The van der Waals surface area contributed by atoms with Gasteiger partial charge in [-0.25, -0.2) is 9.97 Å². The molecule has 0 radical (unpaired) electrons. The van der Waals surface area contributed by atoms with Gasteiger partial charge in [0, 0.05) is 11.9 Å². The van der Waals surface area contributed by atoms with Gasteiger partial charge in [-0.3, -0.25) is 4.57 Å². The molecule has 0 atom stereocenters. The molecule has 0 N–H and O–H groups in total. The molecule has 4 heteroatoms. The van der Waals surface area contributed by atoms with E-state index in [1.165, 1.54) is 22.3 Å². The van der Waals surface area contributed by atoms with Crippen molar-refractivity contribution in [3.8, 4) is 0 Å². The summed E-state index contributed by atoms with van der Waals surface area (Å²) in [5.74, 6) is 0.900. The number of aryl methyl sites for hydroxylation is 2. The van der Waals surface area contributed by atoms with Crippen LogP contribution in [0.4, 0.5) is 0 Å². The van der Waals surface area contributed by atoms with Gasteiger partial charge in [0.15, 0.2) is 10.8 Å². The molecular formula is C22H21N3S. The Kier molecular flexibility index (Phi) is 4.76. The molecule has 0 fully saturated rings. The fraction of sp³-hybridized carbons (Fsp3) is 0.182. The van der Waals surface area contributed by atoms with Gasteiger partial charge < -0.3 is 0 Å². The van der Waals surface area contributed by atoms with E-state index in [-0.39, 0.29) is 0 Å². The number of hydrogen-bond acceptors (Lipinski definition) is 3. The van der Waals surface area contributed by atoms with Gasteiger partial charge in [0.2, 0.25) is 0 Å². The summed E-state index contributed by atoms with van der Waals surface area (Å²) in [7, 11) is 0. The summed E-state index contributed by atoms with van der Waals surface area (Å²) in [6.45, 7) is 5.02. The number of thioether (sulfide) groups is 1. The fourth-order valence-corrected chi connectivity index (χ4v) is 3.97. The van der Waals surface area contributed by atoms with Crippen molar-refractivity contribution >= 4 is 22.9 Å². The highest BCUT2D eigenvalue weighted by molar-refractivity contribution is 7.98. The molecule has 3 nitrogen and oxygen atoms in total. The highest BCUT2D eigenvalue weighted by atomic mass is 32.2. The van der Waals surface area contributed by atoms with E-state index >= 15 is 0 Å². The first-order chi connectivity index (χ1) is 12.7. The van der Waals surface area contributed by atoms with Crippen molar-refractivity contribution < 1.29 is 0 Å². The van der Waals surface area contributed by atoms with Crippen LogP contribution in [-0.2, 0) is 12.3 Å². The largest absolute Gasteiger partial charge is 0.299 e. The summed E-state index contributed by atoms with van der Waals surface area (Å²) in [6.07, 6.45) is 1.84. The summed E-state index contributed by atoms with van der Waals surface area (Å²) in [6, 6.07) is 21.3. The molecule has 0 aliphatic heterocycles. The standard InChI is InChI=1S/C22H21N3S/c1-16-8-10-18(11-9-16)15-26-22-24-20-7-4-12-23-21(20)25(22)14-19-6-3-5-17(2)13-19/h3-13H,14-15H2,1-2H3. The van der Waals surface area contributed by atoms with Gasteiger partial charge >= 0.3 is 0 Å². The van der Waals surface area contributed by atoms with Gasteiger partial charge in [0.25, 0.3) is 0 Å². The summed E-state index contributed by atoms with van der Waals surface area (Å²) in [5, 5.41) is 1.01. The Hall–Kier alpha value is -2.59. The van der Waals surface area contributed by atoms with Crippen molar-refractivity contribution in [1.82, 2.24) is 14.5 Å². The first-order valence-corrected chi connectivity index (χ1v) is 9.73. The first kappa shape index (κ1) is 16.9. The molecule has 26 heavy (non-hydrogen) atoms. The molecule has 0 aliphatic rings. The summed E-state index contributed by atoms with van der Waals surface area (Å²) >= 11 is 1.77. The lowest BCUT2D eigenvalue weighted by molar-refractivity contribution is 0.723. The maximum absolute atomic E-state index is 4.83. The molecule has 0 unspecified atom stereocenters. The van der Waals surface area contributed by atoms with E-state index in [4.69, 9.17) is 4.98 Å². The molecule has 4 aromatic rings. The minimum Gasteiger partial charge on any atom is -0.299 e. The molecule has 0 saturated heterocycles. The van der Waals surface area contributed by atoms with Crippen molar-refractivity contribution in [2.45, 2.75) is 31.3 Å². The predicted molar refractivity (Wildman–Crippen MR) is 109 cm³/mol. The van der Waals surface area contributed by atoms with Crippen molar-refractivity contribution in [3.05, 3.63) is 89.1 Å². The van der Waals surface area contributed by atoms with E-state index in [1.54, 1.807) is 11.8 Å². The van der Waals surface area contributed by atoms with Gasteiger partial charge in [-0.15, -0.1) is 0 Å². The van der Waals surface area contributed by atoms with E-state index in [0.29, 0.717) is 0 Å². The Bertz CT molecular complexity index is 1030. The predicted octanol–water partition coefficient (Wildman–Crippen LogP) is 5.39. The van der Waals surface area contributed by atoms with Gasteiger partial charge in [0.1, 0.15) is 5.52 Å². The van der Waals surface area contributed by atoms with Crippen LogP contribution in [0, 0.1) is 13.8 Å². The summed E-state index contributed by atoms with van der Waals surface area (Å²) in [5.41, 5.74) is 7.03. The van der Waals surface area contributed by atoms with Crippen LogP contribution in [0.15, 0.2) is 72.0 Å². The fourth-order valence-electron chi connectivity index (χ4n) is 3.02. The van der Waals surface area contributed by atoms with E-state index in [9.17, 15) is 0 Å². The number of benzene rings is 2. The Balaban J connectivity index is 1.65. The molecule has 2 aromatic heterocycles. The van der Waals surface area contributed by atoms with Crippen LogP contribution in [-0.4, -0.2) is 14.5 Å². The number of fused-ring (bicyclic) bond motifs is 1.